The maximum Gasteiger partial charge on any atom is 0.165 e. The SMILES string of the molecule is CNCc1nnnn1C1CCS(=O)(=O)C1. The van der Waals surface area contributed by atoms with Crippen molar-refractivity contribution in [3.63, 3.8) is 0 Å². The van der Waals surface area contributed by atoms with Gasteiger partial charge in [0.15, 0.2) is 15.7 Å². The molecule has 1 atom stereocenters. The van der Waals surface area contributed by atoms with Crippen molar-refractivity contribution in [3.05, 3.63) is 5.82 Å². The van der Waals surface area contributed by atoms with E-state index < -0.39 is 9.84 Å². The second-order valence-corrected chi connectivity index (χ2v) is 5.86. The molecule has 0 spiro atoms. The Kier molecular flexibility index (Phi) is 2.70. The van der Waals surface area contributed by atoms with Gasteiger partial charge in [0.1, 0.15) is 0 Å². The van der Waals surface area contributed by atoms with Crippen LogP contribution in [0.3, 0.4) is 0 Å². The van der Waals surface area contributed by atoms with Crippen LogP contribution in [0.1, 0.15) is 18.3 Å². The second kappa shape index (κ2) is 3.86. The van der Waals surface area contributed by atoms with Gasteiger partial charge in [-0.05, 0) is 23.9 Å². The van der Waals surface area contributed by atoms with Gasteiger partial charge in [-0.1, -0.05) is 0 Å². The maximum absolute atomic E-state index is 11.3. The minimum atomic E-state index is -2.89. The molecule has 0 radical (unpaired) electrons. The summed E-state index contributed by atoms with van der Waals surface area (Å²) >= 11 is 0. The van der Waals surface area contributed by atoms with Crippen molar-refractivity contribution in [2.45, 2.75) is 19.0 Å². The largest absolute Gasteiger partial charge is 0.313 e. The van der Waals surface area contributed by atoms with Gasteiger partial charge in [-0.2, -0.15) is 0 Å². The van der Waals surface area contributed by atoms with Crippen molar-refractivity contribution in [1.29, 1.82) is 0 Å². The Labute approximate surface area is 87.8 Å². The van der Waals surface area contributed by atoms with E-state index >= 15 is 0 Å². The van der Waals surface area contributed by atoms with Crippen LogP contribution in [0.15, 0.2) is 0 Å². The molecule has 1 aromatic rings. The predicted octanol–water partition coefficient (Wildman–Crippen LogP) is -1.25. The summed E-state index contributed by atoms with van der Waals surface area (Å²) in [6.45, 7) is 0.545. The molecule has 1 fully saturated rings. The third-order valence-corrected chi connectivity index (χ3v) is 4.20. The normalized spacial score (nSPS) is 24.5. The summed E-state index contributed by atoms with van der Waals surface area (Å²) in [5.74, 6) is 1.06. The number of sulfone groups is 1. The Bertz CT molecular complexity index is 440. The lowest BCUT2D eigenvalue weighted by molar-refractivity contribution is 0.462. The molecule has 0 saturated carbocycles. The standard InChI is InChI=1S/C7H13N5O2S/c1-8-4-7-9-10-11-12(7)6-2-3-15(13,14)5-6/h6,8H,2-5H2,1H3. The zero-order valence-electron chi connectivity index (χ0n) is 8.42. The van der Waals surface area contributed by atoms with E-state index in [9.17, 15) is 8.42 Å². The lowest BCUT2D eigenvalue weighted by Gasteiger charge is -2.09. The van der Waals surface area contributed by atoms with Gasteiger partial charge < -0.3 is 5.32 Å². The molecule has 2 heterocycles. The summed E-state index contributed by atoms with van der Waals surface area (Å²) in [5, 5.41) is 14.2. The van der Waals surface area contributed by atoms with Crippen LogP contribution in [0.5, 0.6) is 0 Å². The Morgan fingerprint density at radius 2 is 2.40 bits per heavy atom. The van der Waals surface area contributed by atoms with Crippen molar-refractivity contribution < 1.29 is 8.42 Å². The molecule has 1 aromatic heterocycles. The van der Waals surface area contributed by atoms with Crippen molar-refractivity contribution in [3.8, 4) is 0 Å². The van der Waals surface area contributed by atoms with E-state index in [0.717, 1.165) is 0 Å². The molecule has 7 nitrogen and oxygen atoms in total. The van der Waals surface area contributed by atoms with Crippen LogP contribution < -0.4 is 5.32 Å². The van der Waals surface area contributed by atoms with Crippen LogP contribution in [-0.4, -0.2) is 47.2 Å². The van der Waals surface area contributed by atoms with Crippen molar-refractivity contribution in [2.75, 3.05) is 18.6 Å². The molecule has 0 bridgehead atoms. The summed E-state index contributed by atoms with van der Waals surface area (Å²) in [7, 11) is -1.09. The average Bonchev–Trinajstić information content (AvgIpc) is 2.72. The van der Waals surface area contributed by atoms with E-state index in [1.807, 2.05) is 0 Å². The van der Waals surface area contributed by atoms with Crippen LogP contribution in [0, 0.1) is 0 Å². The molecule has 1 aliphatic rings. The topological polar surface area (TPSA) is 89.8 Å². The highest BCUT2D eigenvalue weighted by atomic mass is 32.2. The molecule has 1 saturated heterocycles. The number of tetrazole rings is 1. The van der Waals surface area contributed by atoms with Gasteiger partial charge in [0.05, 0.1) is 24.1 Å². The zero-order chi connectivity index (χ0) is 10.9. The molecule has 0 amide bonds. The first kappa shape index (κ1) is 10.5. The Morgan fingerprint density at radius 1 is 1.60 bits per heavy atom. The lowest BCUT2D eigenvalue weighted by Crippen LogP contribution is -2.19. The summed E-state index contributed by atoms with van der Waals surface area (Å²) in [6.07, 6.45) is 0.601. The van der Waals surface area contributed by atoms with Gasteiger partial charge in [-0.25, -0.2) is 13.1 Å². The van der Waals surface area contributed by atoms with E-state index in [2.05, 4.69) is 20.8 Å². The van der Waals surface area contributed by atoms with Crippen LogP contribution in [0.4, 0.5) is 0 Å². The smallest absolute Gasteiger partial charge is 0.165 e. The third-order valence-electron chi connectivity index (χ3n) is 2.45. The molecular formula is C7H13N5O2S. The molecule has 84 valence electrons. The third kappa shape index (κ3) is 2.15. The first-order valence-corrected chi connectivity index (χ1v) is 6.56. The first-order valence-electron chi connectivity index (χ1n) is 4.74. The summed E-state index contributed by atoms with van der Waals surface area (Å²) in [6, 6.07) is -0.103. The molecule has 1 aliphatic heterocycles. The van der Waals surface area contributed by atoms with Crippen LogP contribution in [0.2, 0.25) is 0 Å². The van der Waals surface area contributed by atoms with Crippen molar-refractivity contribution in [1.82, 2.24) is 25.5 Å². The van der Waals surface area contributed by atoms with E-state index in [0.29, 0.717) is 18.8 Å². The average molecular weight is 231 g/mol. The highest BCUT2D eigenvalue weighted by Crippen LogP contribution is 2.23. The zero-order valence-corrected chi connectivity index (χ0v) is 9.24. The molecule has 8 heteroatoms. The summed E-state index contributed by atoms with van der Waals surface area (Å²) < 4.78 is 24.2. The van der Waals surface area contributed by atoms with E-state index in [4.69, 9.17) is 0 Å². The van der Waals surface area contributed by atoms with E-state index in [1.165, 1.54) is 0 Å². The van der Waals surface area contributed by atoms with Gasteiger partial charge in [0.2, 0.25) is 0 Å². The molecule has 1 unspecified atom stereocenters. The second-order valence-electron chi connectivity index (χ2n) is 3.63. The maximum atomic E-state index is 11.3. The van der Waals surface area contributed by atoms with Gasteiger partial charge in [-0.3, -0.25) is 0 Å². The molecule has 2 rings (SSSR count). The minimum absolute atomic E-state index is 0.103. The van der Waals surface area contributed by atoms with Gasteiger partial charge in [0.25, 0.3) is 0 Å². The lowest BCUT2D eigenvalue weighted by atomic mass is 10.3. The van der Waals surface area contributed by atoms with Gasteiger partial charge >= 0.3 is 0 Å². The number of aromatic nitrogens is 4. The number of rotatable bonds is 3. The van der Waals surface area contributed by atoms with Gasteiger partial charge in [-0.15, -0.1) is 5.10 Å². The summed E-state index contributed by atoms with van der Waals surface area (Å²) in [4.78, 5) is 0. The summed E-state index contributed by atoms with van der Waals surface area (Å²) in [5.41, 5.74) is 0. The minimum Gasteiger partial charge on any atom is -0.313 e. The molecule has 15 heavy (non-hydrogen) atoms. The predicted molar refractivity (Wildman–Crippen MR) is 52.9 cm³/mol. The Morgan fingerprint density at radius 3 is 3.00 bits per heavy atom. The monoisotopic (exact) mass is 231 g/mol. The fourth-order valence-electron chi connectivity index (χ4n) is 1.74. The number of hydrogen-bond acceptors (Lipinski definition) is 6. The number of nitrogens with zero attached hydrogens (tertiary/aromatic N) is 4. The highest BCUT2D eigenvalue weighted by molar-refractivity contribution is 7.91. The molecule has 0 aromatic carbocycles. The van der Waals surface area contributed by atoms with Crippen molar-refractivity contribution >= 4 is 9.84 Å². The van der Waals surface area contributed by atoms with E-state index in [-0.39, 0.29) is 17.5 Å². The molecule has 0 aliphatic carbocycles. The van der Waals surface area contributed by atoms with Crippen LogP contribution >= 0.6 is 0 Å². The first-order chi connectivity index (χ1) is 7.12. The Hall–Kier alpha value is -1.02. The van der Waals surface area contributed by atoms with E-state index in [1.54, 1.807) is 11.7 Å². The fourth-order valence-corrected chi connectivity index (χ4v) is 3.43. The molecule has 1 N–H and O–H groups in total. The highest BCUT2D eigenvalue weighted by Gasteiger charge is 2.31. The van der Waals surface area contributed by atoms with Crippen molar-refractivity contribution in [2.24, 2.45) is 0 Å². The van der Waals surface area contributed by atoms with Gasteiger partial charge in [0, 0.05) is 0 Å². The quantitative estimate of drug-likeness (QED) is 0.699. The number of nitrogens with one attached hydrogen (secondary N) is 1. The molecular weight excluding hydrogens is 218 g/mol. The number of hydrogen-bond donors (Lipinski definition) is 1. The van der Waals surface area contributed by atoms with Crippen LogP contribution in [-0.2, 0) is 16.4 Å². The Balaban J connectivity index is 2.20. The van der Waals surface area contributed by atoms with Crippen LogP contribution in [0.25, 0.3) is 0 Å². The fraction of sp³-hybridized carbons (Fsp3) is 0.857.